The highest BCUT2D eigenvalue weighted by Gasteiger charge is 2.39. The number of pyridine rings is 1. The van der Waals surface area contributed by atoms with E-state index in [1.165, 1.54) is 0 Å². The summed E-state index contributed by atoms with van der Waals surface area (Å²) in [5.74, 6) is -1.28. The largest absolute Gasteiger partial charge is 0.435 e. The molecule has 12 heteroatoms. The van der Waals surface area contributed by atoms with E-state index >= 15 is 0 Å². The number of hydrogen-bond acceptors (Lipinski definition) is 5. The number of para-hydroxylation sites is 1. The van der Waals surface area contributed by atoms with Crippen molar-refractivity contribution in [3.8, 4) is 5.69 Å². The van der Waals surface area contributed by atoms with Crippen LogP contribution >= 0.6 is 0 Å². The summed E-state index contributed by atoms with van der Waals surface area (Å²) in [6.07, 6.45) is -0.00851. The molecule has 9 nitrogen and oxygen atoms in total. The van der Waals surface area contributed by atoms with Gasteiger partial charge in [0, 0.05) is 37.3 Å². The third-order valence-corrected chi connectivity index (χ3v) is 6.34. The average molecular weight is 529 g/mol. The van der Waals surface area contributed by atoms with Crippen molar-refractivity contribution in [3.63, 3.8) is 0 Å². The minimum absolute atomic E-state index is 0.0544. The molecular formula is C26H27F3N6O3. The van der Waals surface area contributed by atoms with Crippen molar-refractivity contribution in [2.75, 3.05) is 18.4 Å². The summed E-state index contributed by atoms with van der Waals surface area (Å²) in [6.45, 7) is -0.000940. The van der Waals surface area contributed by atoms with Gasteiger partial charge in [0.1, 0.15) is 5.82 Å². The van der Waals surface area contributed by atoms with Gasteiger partial charge in [0.05, 0.1) is 11.3 Å². The molecule has 0 bridgehead atoms. The molecule has 0 atom stereocenters. The third-order valence-electron chi connectivity index (χ3n) is 6.34. The van der Waals surface area contributed by atoms with Gasteiger partial charge in [-0.2, -0.15) is 18.3 Å². The number of carbonyl (C=O) groups is 3. The lowest BCUT2D eigenvalue weighted by Crippen LogP contribution is -2.39. The maximum absolute atomic E-state index is 13.5. The molecule has 1 fully saturated rings. The van der Waals surface area contributed by atoms with Crippen LogP contribution in [0.25, 0.3) is 5.69 Å². The van der Waals surface area contributed by atoms with Gasteiger partial charge in [0.25, 0.3) is 5.91 Å². The van der Waals surface area contributed by atoms with E-state index in [0.29, 0.717) is 37.2 Å². The molecule has 0 unspecified atom stereocenters. The van der Waals surface area contributed by atoms with Crippen LogP contribution < -0.4 is 16.0 Å². The number of alkyl halides is 3. The summed E-state index contributed by atoms with van der Waals surface area (Å²) in [7, 11) is 0. The lowest BCUT2D eigenvalue weighted by Gasteiger charge is -2.27. The normalized spacial score (nSPS) is 17.4. The van der Waals surface area contributed by atoms with E-state index in [1.54, 1.807) is 54.7 Å². The second kappa shape index (κ2) is 11.9. The summed E-state index contributed by atoms with van der Waals surface area (Å²) in [5, 5.41) is 11.5. The van der Waals surface area contributed by atoms with Crippen LogP contribution in [0.15, 0.2) is 60.9 Å². The smallest absolute Gasteiger partial charge is 0.354 e. The molecule has 2 aromatic heterocycles. The molecule has 2 heterocycles. The van der Waals surface area contributed by atoms with Crippen LogP contribution in [0.3, 0.4) is 0 Å². The SMILES string of the molecule is O=C(NCCNC(=O)[C@H]1CC[C@H](C(=O)Nc2ccccn2)CC1)c1cn(-c2ccccc2)nc1C(F)(F)F. The Balaban J connectivity index is 1.23. The van der Waals surface area contributed by atoms with E-state index in [4.69, 9.17) is 0 Å². The standard InChI is InChI=1S/C26H27F3N6O3/c27-26(28,29)22-20(16-35(34-22)19-6-2-1-3-7-19)25(38)32-15-14-31-23(36)17-9-11-18(12-10-17)24(37)33-21-8-4-5-13-30-21/h1-8,13,16-18H,9-12,14-15H2,(H,31,36)(H,32,38)(H,30,33,37)/t17-,18-. The van der Waals surface area contributed by atoms with Gasteiger partial charge in [-0.15, -0.1) is 0 Å². The molecule has 4 rings (SSSR count). The second-order valence-electron chi connectivity index (χ2n) is 8.97. The minimum Gasteiger partial charge on any atom is -0.354 e. The van der Waals surface area contributed by atoms with E-state index in [1.807, 2.05) is 0 Å². The molecule has 1 aromatic carbocycles. The summed E-state index contributed by atoms with van der Waals surface area (Å²) >= 11 is 0. The van der Waals surface area contributed by atoms with Crippen LogP contribution in [0.5, 0.6) is 0 Å². The van der Waals surface area contributed by atoms with Crippen molar-refractivity contribution in [1.82, 2.24) is 25.4 Å². The lowest BCUT2D eigenvalue weighted by atomic mass is 9.81. The molecule has 0 aliphatic heterocycles. The monoisotopic (exact) mass is 528 g/mol. The molecule has 38 heavy (non-hydrogen) atoms. The quantitative estimate of drug-likeness (QED) is 0.387. The van der Waals surface area contributed by atoms with Gasteiger partial charge >= 0.3 is 6.18 Å². The van der Waals surface area contributed by atoms with Gasteiger partial charge in [-0.25, -0.2) is 9.67 Å². The number of benzene rings is 1. The van der Waals surface area contributed by atoms with E-state index in [-0.39, 0.29) is 36.7 Å². The molecule has 1 aliphatic carbocycles. The summed E-state index contributed by atoms with van der Waals surface area (Å²) in [4.78, 5) is 41.6. The fourth-order valence-electron chi connectivity index (χ4n) is 4.35. The number of amides is 3. The number of aromatic nitrogens is 3. The average Bonchev–Trinajstić information content (AvgIpc) is 3.39. The first kappa shape index (κ1) is 26.8. The zero-order chi connectivity index (χ0) is 27.1. The molecular weight excluding hydrogens is 501 g/mol. The van der Waals surface area contributed by atoms with Crippen molar-refractivity contribution in [2.45, 2.75) is 31.9 Å². The highest BCUT2D eigenvalue weighted by Crippen LogP contribution is 2.32. The fraction of sp³-hybridized carbons (Fsp3) is 0.346. The maximum atomic E-state index is 13.5. The molecule has 0 spiro atoms. The first-order valence-electron chi connectivity index (χ1n) is 12.2. The Morgan fingerprint density at radius 1 is 0.868 bits per heavy atom. The predicted molar refractivity (Wildman–Crippen MR) is 132 cm³/mol. The molecule has 3 N–H and O–H groups in total. The molecule has 3 amide bonds. The summed E-state index contributed by atoms with van der Waals surface area (Å²) < 4.78 is 41.5. The Kier molecular flexibility index (Phi) is 8.39. The number of anilines is 1. The molecule has 1 saturated carbocycles. The Morgan fingerprint density at radius 2 is 1.50 bits per heavy atom. The van der Waals surface area contributed by atoms with E-state index in [0.717, 1.165) is 10.9 Å². The number of nitrogens with one attached hydrogen (secondary N) is 3. The van der Waals surface area contributed by atoms with E-state index in [2.05, 4.69) is 26.0 Å². The fourth-order valence-corrected chi connectivity index (χ4v) is 4.35. The van der Waals surface area contributed by atoms with Crippen molar-refractivity contribution in [3.05, 3.63) is 72.2 Å². The van der Waals surface area contributed by atoms with Crippen LogP contribution in [0, 0.1) is 11.8 Å². The number of carbonyl (C=O) groups excluding carboxylic acids is 3. The number of halogens is 3. The lowest BCUT2D eigenvalue weighted by molar-refractivity contribution is -0.141. The van der Waals surface area contributed by atoms with Crippen LogP contribution in [0.2, 0.25) is 0 Å². The molecule has 0 saturated heterocycles. The first-order chi connectivity index (χ1) is 18.2. The summed E-state index contributed by atoms with van der Waals surface area (Å²) in [5.41, 5.74) is -1.50. The summed E-state index contributed by atoms with van der Waals surface area (Å²) in [6, 6.07) is 13.4. The Bertz CT molecular complexity index is 1260. The van der Waals surface area contributed by atoms with Crippen LogP contribution in [-0.2, 0) is 15.8 Å². The molecule has 1 aliphatic rings. The van der Waals surface area contributed by atoms with Crippen LogP contribution in [-0.4, -0.2) is 45.6 Å². The van der Waals surface area contributed by atoms with Gasteiger partial charge in [0.2, 0.25) is 11.8 Å². The Labute approximate surface area is 216 Å². The van der Waals surface area contributed by atoms with Gasteiger partial charge < -0.3 is 16.0 Å². The first-order valence-corrected chi connectivity index (χ1v) is 12.2. The van der Waals surface area contributed by atoms with Gasteiger partial charge in [-0.1, -0.05) is 24.3 Å². The van der Waals surface area contributed by atoms with Crippen molar-refractivity contribution >= 4 is 23.5 Å². The number of rotatable bonds is 8. The molecule has 0 radical (unpaired) electrons. The highest BCUT2D eigenvalue weighted by atomic mass is 19.4. The van der Waals surface area contributed by atoms with Crippen LogP contribution in [0.4, 0.5) is 19.0 Å². The zero-order valence-electron chi connectivity index (χ0n) is 20.4. The molecule has 200 valence electrons. The van der Waals surface area contributed by atoms with Crippen LogP contribution in [0.1, 0.15) is 41.7 Å². The van der Waals surface area contributed by atoms with E-state index < -0.39 is 23.3 Å². The van der Waals surface area contributed by atoms with E-state index in [9.17, 15) is 27.6 Å². The van der Waals surface area contributed by atoms with Crippen molar-refractivity contribution in [2.24, 2.45) is 11.8 Å². The third kappa shape index (κ3) is 6.75. The predicted octanol–water partition coefficient (Wildman–Crippen LogP) is 3.58. The van der Waals surface area contributed by atoms with Gasteiger partial charge in [-0.05, 0) is 49.9 Å². The van der Waals surface area contributed by atoms with Crippen molar-refractivity contribution < 1.29 is 27.6 Å². The van der Waals surface area contributed by atoms with Gasteiger partial charge in [0.15, 0.2) is 5.69 Å². The number of nitrogens with zero attached hydrogens (tertiary/aromatic N) is 3. The topological polar surface area (TPSA) is 118 Å². The zero-order valence-corrected chi connectivity index (χ0v) is 20.4. The second-order valence-corrected chi connectivity index (χ2v) is 8.97. The Morgan fingerprint density at radius 3 is 2.13 bits per heavy atom. The Hall–Kier alpha value is -4.22. The highest BCUT2D eigenvalue weighted by molar-refractivity contribution is 5.95. The van der Waals surface area contributed by atoms with Gasteiger partial charge in [-0.3, -0.25) is 14.4 Å². The maximum Gasteiger partial charge on any atom is 0.435 e. The van der Waals surface area contributed by atoms with Crippen molar-refractivity contribution in [1.29, 1.82) is 0 Å². The minimum atomic E-state index is -4.81. The molecule has 3 aromatic rings. The number of hydrogen-bond donors (Lipinski definition) is 3.